The van der Waals surface area contributed by atoms with Crippen molar-refractivity contribution >= 4 is 28.2 Å². The summed E-state index contributed by atoms with van der Waals surface area (Å²) in [6.45, 7) is 6.16. The first-order valence-electron chi connectivity index (χ1n) is 9.00. The Morgan fingerprint density at radius 3 is 2.63 bits per heavy atom. The van der Waals surface area contributed by atoms with Crippen LogP contribution in [0.25, 0.3) is 0 Å². The quantitative estimate of drug-likeness (QED) is 0.769. The summed E-state index contributed by atoms with van der Waals surface area (Å²) in [6.07, 6.45) is 0.907. The maximum absolute atomic E-state index is 13.0. The number of thiophene rings is 1. The molecule has 0 spiro atoms. The molecule has 0 saturated heterocycles. The van der Waals surface area contributed by atoms with Crippen LogP contribution < -0.4 is 10.2 Å². The van der Waals surface area contributed by atoms with E-state index >= 15 is 0 Å². The van der Waals surface area contributed by atoms with Crippen LogP contribution in [0.15, 0.2) is 24.3 Å². The van der Waals surface area contributed by atoms with E-state index in [-0.39, 0.29) is 18.1 Å². The number of methoxy groups -OCH3 is 1. The van der Waals surface area contributed by atoms with E-state index in [4.69, 9.17) is 4.74 Å². The molecule has 2 N–H and O–H groups in total. The molecule has 0 bridgehead atoms. The fourth-order valence-electron chi connectivity index (χ4n) is 3.36. The van der Waals surface area contributed by atoms with Crippen LogP contribution in [0.4, 0.5) is 9.39 Å². The van der Waals surface area contributed by atoms with E-state index in [2.05, 4.69) is 19.2 Å². The van der Waals surface area contributed by atoms with Gasteiger partial charge in [-0.3, -0.25) is 4.79 Å². The lowest BCUT2D eigenvalue weighted by atomic mass is 10.0. The van der Waals surface area contributed by atoms with Crippen LogP contribution >= 0.6 is 11.3 Å². The summed E-state index contributed by atoms with van der Waals surface area (Å²) in [4.78, 5) is 27.4. The second-order valence-electron chi connectivity index (χ2n) is 7.04. The minimum Gasteiger partial charge on any atom is -0.465 e. The molecular formula is C20H24FN2O3S+. The van der Waals surface area contributed by atoms with Crippen molar-refractivity contribution < 1.29 is 23.6 Å². The van der Waals surface area contributed by atoms with E-state index < -0.39 is 5.97 Å². The molecule has 144 valence electrons. The number of carbonyl (C=O) groups excluding carboxylic acids is 2. The molecule has 3 rings (SSSR count). The number of fused-ring (bicyclic) bond motifs is 1. The van der Waals surface area contributed by atoms with Crippen LogP contribution in [0.2, 0.25) is 0 Å². The number of nitrogens with one attached hydrogen (secondary N) is 2. The fourth-order valence-corrected chi connectivity index (χ4v) is 4.66. The van der Waals surface area contributed by atoms with Gasteiger partial charge in [-0.2, -0.15) is 0 Å². The maximum Gasteiger partial charge on any atom is 0.341 e. The number of rotatable bonds is 5. The Hall–Kier alpha value is -2.25. The molecule has 1 atom stereocenters. The maximum atomic E-state index is 13.0. The lowest BCUT2D eigenvalue weighted by Crippen LogP contribution is -3.14. The van der Waals surface area contributed by atoms with Gasteiger partial charge in [-0.25, -0.2) is 9.18 Å². The predicted molar refractivity (Wildman–Crippen MR) is 103 cm³/mol. The largest absolute Gasteiger partial charge is 0.465 e. The van der Waals surface area contributed by atoms with E-state index in [0.29, 0.717) is 22.2 Å². The molecule has 1 aromatic carbocycles. The van der Waals surface area contributed by atoms with Crippen molar-refractivity contribution in [3.8, 4) is 0 Å². The number of halogens is 1. The van der Waals surface area contributed by atoms with Gasteiger partial charge in [0.1, 0.15) is 17.4 Å². The van der Waals surface area contributed by atoms with Crippen LogP contribution in [-0.2, 0) is 28.9 Å². The van der Waals surface area contributed by atoms with Gasteiger partial charge in [-0.15, -0.1) is 11.3 Å². The third-order valence-electron chi connectivity index (χ3n) is 4.91. The first kappa shape index (κ1) is 19.5. The Balaban J connectivity index is 1.82. The number of ether oxygens (including phenoxy) is 1. The van der Waals surface area contributed by atoms with E-state index in [0.717, 1.165) is 30.0 Å². The third-order valence-corrected chi connectivity index (χ3v) is 6.06. The summed E-state index contributed by atoms with van der Waals surface area (Å²) in [5.41, 5.74) is 2.19. The zero-order chi connectivity index (χ0) is 19.6. The number of benzene rings is 1. The van der Waals surface area contributed by atoms with Crippen LogP contribution in [0.5, 0.6) is 0 Å². The molecule has 0 radical (unpaired) electrons. The molecule has 1 aliphatic heterocycles. The monoisotopic (exact) mass is 391 g/mol. The second kappa shape index (κ2) is 8.19. The van der Waals surface area contributed by atoms with Crippen LogP contribution in [0, 0.1) is 5.82 Å². The highest BCUT2D eigenvalue weighted by atomic mass is 32.1. The Kier molecular flexibility index (Phi) is 5.92. The Morgan fingerprint density at radius 2 is 2.00 bits per heavy atom. The fraction of sp³-hybridized carbons (Fsp3) is 0.400. The van der Waals surface area contributed by atoms with Gasteiger partial charge in [0, 0.05) is 6.42 Å². The first-order chi connectivity index (χ1) is 12.9. The molecule has 1 unspecified atom stereocenters. The van der Waals surface area contributed by atoms with Crippen molar-refractivity contribution in [1.29, 1.82) is 0 Å². The molecule has 1 aliphatic rings. The van der Waals surface area contributed by atoms with Crippen molar-refractivity contribution in [2.75, 3.05) is 19.0 Å². The second-order valence-corrected chi connectivity index (χ2v) is 8.15. The predicted octanol–water partition coefficient (Wildman–Crippen LogP) is 2.20. The molecule has 0 aliphatic carbocycles. The average Bonchev–Trinajstić information content (AvgIpc) is 2.99. The van der Waals surface area contributed by atoms with Crippen LogP contribution in [0.1, 0.15) is 40.2 Å². The van der Waals surface area contributed by atoms with E-state index in [1.165, 1.54) is 35.5 Å². The molecule has 7 heteroatoms. The minimum atomic E-state index is -0.419. The molecule has 1 aromatic heterocycles. The number of esters is 1. The zero-order valence-electron chi connectivity index (χ0n) is 15.7. The summed E-state index contributed by atoms with van der Waals surface area (Å²) in [6, 6.07) is 6.32. The number of anilines is 1. The topological polar surface area (TPSA) is 59.8 Å². The summed E-state index contributed by atoms with van der Waals surface area (Å²) in [5.74, 6) is -0.994. The average molecular weight is 391 g/mol. The molecule has 5 nitrogen and oxygen atoms in total. The Morgan fingerprint density at radius 1 is 1.30 bits per heavy atom. The summed E-state index contributed by atoms with van der Waals surface area (Å²) >= 11 is 1.45. The highest BCUT2D eigenvalue weighted by Gasteiger charge is 2.31. The van der Waals surface area contributed by atoms with Crippen molar-refractivity contribution in [3.05, 3.63) is 51.7 Å². The lowest BCUT2D eigenvalue weighted by Gasteiger charge is -2.27. The number of hydrogen-bond acceptors (Lipinski definition) is 4. The number of carbonyl (C=O) groups is 2. The number of quaternary nitrogens is 1. The molecule has 2 aromatic rings. The van der Waals surface area contributed by atoms with Gasteiger partial charge < -0.3 is 15.0 Å². The van der Waals surface area contributed by atoms with Crippen molar-refractivity contribution in [2.45, 2.75) is 39.3 Å². The van der Waals surface area contributed by atoms with Gasteiger partial charge in [0.15, 0.2) is 0 Å². The summed E-state index contributed by atoms with van der Waals surface area (Å²) in [5, 5.41) is 3.41. The third kappa shape index (κ3) is 4.36. The van der Waals surface area contributed by atoms with Gasteiger partial charge in [-0.1, -0.05) is 12.1 Å². The van der Waals surface area contributed by atoms with Gasteiger partial charge in [0.2, 0.25) is 5.91 Å². The van der Waals surface area contributed by atoms with Gasteiger partial charge in [0.25, 0.3) is 0 Å². The summed E-state index contributed by atoms with van der Waals surface area (Å²) < 4.78 is 18.0. The van der Waals surface area contributed by atoms with Crippen molar-refractivity contribution in [1.82, 2.24) is 0 Å². The summed E-state index contributed by atoms with van der Waals surface area (Å²) in [7, 11) is 1.35. The van der Waals surface area contributed by atoms with Gasteiger partial charge >= 0.3 is 5.97 Å². The van der Waals surface area contributed by atoms with E-state index in [9.17, 15) is 14.0 Å². The molecule has 27 heavy (non-hydrogen) atoms. The standard InChI is InChI=1S/C20H23FN2O3S/c1-12(2)23-9-8-15-16(11-23)27-19(18(15)20(25)26-3)22-17(24)10-13-4-6-14(21)7-5-13/h4-7,12H,8-11H2,1-3H3,(H,22,24)/p+1. The Bertz CT molecular complexity index is 846. The molecule has 0 saturated carbocycles. The highest BCUT2D eigenvalue weighted by molar-refractivity contribution is 7.17. The van der Waals surface area contributed by atoms with Crippen molar-refractivity contribution in [2.24, 2.45) is 0 Å². The number of amides is 1. The normalized spacial score (nSPS) is 16.1. The van der Waals surface area contributed by atoms with Crippen molar-refractivity contribution in [3.63, 3.8) is 0 Å². The molecular weight excluding hydrogens is 367 g/mol. The molecule has 1 amide bonds. The van der Waals surface area contributed by atoms with Gasteiger partial charge in [-0.05, 0) is 37.1 Å². The number of hydrogen-bond donors (Lipinski definition) is 2. The highest BCUT2D eigenvalue weighted by Crippen LogP contribution is 2.35. The SMILES string of the molecule is COC(=O)c1c(NC(=O)Cc2ccc(F)cc2)sc2c1CC[NH+](C(C)C)C2. The smallest absolute Gasteiger partial charge is 0.341 e. The van der Waals surface area contributed by atoms with E-state index in [1.54, 1.807) is 12.1 Å². The van der Waals surface area contributed by atoms with Gasteiger partial charge in [0.05, 0.1) is 36.6 Å². The lowest BCUT2D eigenvalue weighted by molar-refractivity contribution is -0.936. The molecule has 2 heterocycles. The van der Waals surface area contributed by atoms with E-state index in [1.807, 2.05) is 0 Å². The minimum absolute atomic E-state index is 0.118. The Labute approximate surface area is 162 Å². The van der Waals surface area contributed by atoms with Crippen LogP contribution in [0.3, 0.4) is 0 Å². The first-order valence-corrected chi connectivity index (χ1v) is 9.82. The zero-order valence-corrected chi connectivity index (χ0v) is 16.5. The molecule has 0 fully saturated rings. The van der Waals surface area contributed by atoms with Crippen LogP contribution in [-0.4, -0.2) is 31.6 Å².